The van der Waals surface area contributed by atoms with Crippen LogP contribution in [0.25, 0.3) is 17.4 Å². The predicted octanol–water partition coefficient (Wildman–Crippen LogP) is 4.71. The molecule has 1 aliphatic heterocycles. The zero-order chi connectivity index (χ0) is 22.8. The molecule has 10 heteroatoms. The van der Waals surface area contributed by atoms with Crippen molar-refractivity contribution in [2.24, 2.45) is 0 Å². The number of amides is 2. The van der Waals surface area contributed by atoms with E-state index in [0.29, 0.717) is 28.2 Å². The number of hydrogen-bond acceptors (Lipinski definition) is 7. The molecule has 160 valence electrons. The third-order valence-corrected chi connectivity index (χ3v) is 5.94. The van der Waals surface area contributed by atoms with Crippen molar-refractivity contribution in [3.05, 3.63) is 92.6 Å². The van der Waals surface area contributed by atoms with Gasteiger partial charge in [-0.2, -0.15) is 5.01 Å². The smallest absolute Gasteiger partial charge is 0.285 e. The average Bonchev–Trinajstić information content (AvgIpc) is 3.35. The van der Waals surface area contributed by atoms with Crippen LogP contribution in [-0.4, -0.2) is 26.1 Å². The number of thiocarbonyl (C=S) groups is 1. The molecule has 8 nitrogen and oxygen atoms in total. The van der Waals surface area contributed by atoms with E-state index in [0.717, 1.165) is 16.8 Å². The molecule has 2 aromatic carbocycles. The number of nitro groups is 1. The maximum atomic E-state index is 12.7. The number of benzene rings is 2. The molecule has 0 spiro atoms. The first-order chi connectivity index (χ1) is 15.3. The van der Waals surface area contributed by atoms with Crippen molar-refractivity contribution in [1.82, 2.24) is 10.4 Å². The van der Waals surface area contributed by atoms with Crippen LogP contribution in [0.2, 0.25) is 0 Å². The summed E-state index contributed by atoms with van der Waals surface area (Å²) in [5, 5.41) is 12.2. The van der Waals surface area contributed by atoms with E-state index in [1.54, 1.807) is 61.5 Å². The van der Waals surface area contributed by atoms with Crippen LogP contribution in [0, 0.1) is 17.0 Å². The summed E-state index contributed by atoms with van der Waals surface area (Å²) in [6.45, 7) is 1.66. The van der Waals surface area contributed by atoms with Crippen LogP contribution in [0.1, 0.15) is 21.7 Å². The number of nitrogens with zero attached hydrogens (tertiary/aromatic N) is 2. The van der Waals surface area contributed by atoms with Gasteiger partial charge in [0.05, 0.1) is 9.83 Å². The number of aryl methyl sites for hydroxylation is 1. The van der Waals surface area contributed by atoms with Crippen molar-refractivity contribution in [3.8, 4) is 11.3 Å². The number of hydrazine groups is 1. The highest BCUT2D eigenvalue weighted by atomic mass is 32.2. The lowest BCUT2D eigenvalue weighted by molar-refractivity contribution is -0.385. The average molecular weight is 466 g/mol. The van der Waals surface area contributed by atoms with Crippen LogP contribution in [0.4, 0.5) is 5.69 Å². The fraction of sp³-hybridized carbons (Fsp3) is 0.0455. The Labute approximate surface area is 192 Å². The molecule has 1 N–H and O–H groups in total. The summed E-state index contributed by atoms with van der Waals surface area (Å²) in [5.74, 6) is -0.136. The Bertz CT molecular complexity index is 1280. The molecule has 0 bridgehead atoms. The van der Waals surface area contributed by atoms with E-state index < -0.39 is 16.7 Å². The minimum absolute atomic E-state index is 0.00419. The molecule has 32 heavy (non-hydrogen) atoms. The Morgan fingerprint density at radius 3 is 2.66 bits per heavy atom. The van der Waals surface area contributed by atoms with E-state index in [1.807, 2.05) is 0 Å². The molecule has 1 saturated heterocycles. The van der Waals surface area contributed by atoms with E-state index in [-0.39, 0.29) is 14.9 Å². The molecule has 0 aliphatic carbocycles. The molecule has 1 aliphatic rings. The van der Waals surface area contributed by atoms with Gasteiger partial charge in [-0.05, 0) is 43.4 Å². The summed E-state index contributed by atoms with van der Waals surface area (Å²) in [6, 6.07) is 16.6. The molecule has 0 unspecified atom stereocenters. The van der Waals surface area contributed by atoms with Crippen LogP contribution in [0.5, 0.6) is 0 Å². The molecule has 1 fully saturated rings. The van der Waals surface area contributed by atoms with Crippen LogP contribution >= 0.6 is 24.0 Å². The first kappa shape index (κ1) is 21.5. The first-order valence-electron chi connectivity index (χ1n) is 9.33. The highest BCUT2D eigenvalue weighted by Crippen LogP contribution is 2.33. The Kier molecular flexibility index (Phi) is 5.89. The number of furan rings is 1. The van der Waals surface area contributed by atoms with Gasteiger partial charge in [-0.25, -0.2) is 0 Å². The molecule has 4 rings (SSSR count). The van der Waals surface area contributed by atoms with Gasteiger partial charge in [0.25, 0.3) is 17.5 Å². The minimum Gasteiger partial charge on any atom is -0.457 e. The summed E-state index contributed by atoms with van der Waals surface area (Å²) in [4.78, 5) is 36.1. The number of carbonyl (C=O) groups is 2. The van der Waals surface area contributed by atoms with Gasteiger partial charge in [-0.1, -0.05) is 42.1 Å². The fourth-order valence-electron chi connectivity index (χ4n) is 2.99. The number of thioether (sulfide) groups is 1. The third-order valence-electron chi connectivity index (χ3n) is 4.63. The van der Waals surface area contributed by atoms with E-state index in [1.165, 1.54) is 12.1 Å². The molecular weight excluding hydrogens is 450 g/mol. The van der Waals surface area contributed by atoms with Crippen molar-refractivity contribution in [2.75, 3.05) is 0 Å². The van der Waals surface area contributed by atoms with E-state index in [4.69, 9.17) is 16.6 Å². The van der Waals surface area contributed by atoms with Crippen LogP contribution in [0.15, 0.2) is 70.0 Å². The second-order valence-electron chi connectivity index (χ2n) is 6.78. The Balaban J connectivity index is 1.53. The Morgan fingerprint density at radius 2 is 1.94 bits per heavy atom. The number of nitro benzene ring substituents is 1. The van der Waals surface area contributed by atoms with Crippen LogP contribution in [0.3, 0.4) is 0 Å². The van der Waals surface area contributed by atoms with Gasteiger partial charge < -0.3 is 4.42 Å². The summed E-state index contributed by atoms with van der Waals surface area (Å²) >= 11 is 6.26. The van der Waals surface area contributed by atoms with Gasteiger partial charge in [0.2, 0.25) is 0 Å². The molecule has 2 amide bonds. The largest absolute Gasteiger partial charge is 0.457 e. The van der Waals surface area contributed by atoms with Gasteiger partial charge in [0.15, 0.2) is 4.32 Å². The van der Waals surface area contributed by atoms with Crippen molar-refractivity contribution >= 4 is 51.9 Å². The maximum Gasteiger partial charge on any atom is 0.285 e. The number of hydrogen-bond donors (Lipinski definition) is 1. The number of carbonyl (C=O) groups excluding carboxylic acids is 2. The third kappa shape index (κ3) is 4.32. The first-order valence-corrected chi connectivity index (χ1v) is 10.5. The summed E-state index contributed by atoms with van der Waals surface area (Å²) in [5.41, 5.74) is 4.00. The predicted molar refractivity (Wildman–Crippen MR) is 124 cm³/mol. The topological polar surface area (TPSA) is 106 Å². The maximum absolute atomic E-state index is 12.7. The minimum atomic E-state index is -0.479. The standard InChI is InChI=1S/C22H15N3O5S2/c1-13-7-8-15(11-17(13)25(28)29)18-10-9-16(30-18)12-19-21(27)24(22(31)32-19)23-20(26)14-5-3-2-4-6-14/h2-12H,1H3,(H,23,26)/b19-12+. The van der Waals surface area contributed by atoms with Gasteiger partial charge in [-0.15, -0.1) is 0 Å². The number of rotatable bonds is 5. The van der Waals surface area contributed by atoms with Gasteiger partial charge in [0, 0.05) is 28.8 Å². The molecule has 0 radical (unpaired) electrons. The molecule has 1 aromatic heterocycles. The monoisotopic (exact) mass is 465 g/mol. The van der Waals surface area contributed by atoms with E-state index >= 15 is 0 Å². The second-order valence-corrected chi connectivity index (χ2v) is 8.46. The number of nitrogens with one attached hydrogen (secondary N) is 1. The normalized spacial score (nSPS) is 14.8. The van der Waals surface area contributed by atoms with Gasteiger partial charge in [-0.3, -0.25) is 25.1 Å². The molecular formula is C22H15N3O5S2. The molecule has 3 aromatic rings. The van der Waals surface area contributed by atoms with Gasteiger partial charge in [0.1, 0.15) is 11.5 Å². The van der Waals surface area contributed by atoms with Crippen LogP contribution < -0.4 is 5.43 Å². The SMILES string of the molecule is Cc1ccc(-c2ccc(/C=C3/SC(=S)N(NC(=O)c4ccccc4)C3=O)o2)cc1[N+](=O)[O-]. The van der Waals surface area contributed by atoms with Crippen molar-refractivity contribution in [2.45, 2.75) is 6.92 Å². The van der Waals surface area contributed by atoms with Crippen LogP contribution in [-0.2, 0) is 4.79 Å². The summed E-state index contributed by atoms with van der Waals surface area (Å²) in [7, 11) is 0. The second kappa shape index (κ2) is 8.77. The molecule has 0 atom stereocenters. The van der Waals surface area contributed by atoms with Crippen molar-refractivity contribution < 1.29 is 18.9 Å². The Morgan fingerprint density at radius 1 is 1.19 bits per heavy atom. The highest BCUT2D eigenvalue weighted by molar-refractivity contribution is 8.26. The quantitative estimate of drug-likeness (QED) is 0.252. The van der Waals surface area contributed by atoms with E-state index in [2.05, 4.69) is 5.43 Å². The lowest BCUT2D eigenvalue weighted by Crippen LogP contribution is -2.44. The van der Waals surface area contributed by atoms with Crippen molar-refractivity contribution in [3.63, 3.8) is 0 Å². The van der Waals surface area contributed by atoms with Gasteiger partial charge >= 0.3 is 0 Å². The molecule has 2 heterocycles. The summed E-state index contributed by atoms with van der Waals surface area (Å²) < 4.78 is 5.95. The zero-order valence-electron chi connectivity index (χ0n) is 16.6. The van der Waals surface area contributed by atoms with E-state index in [9.17, 15) is 19.7 Å². The van der Waals surface area contributed by atoms with Crippen molar-refractivity contribution in [1.29, 1.82) is 0 Å². The summed E-state index contributed by atoms with van der Waals surface area (Å²) in [6.07, 6.45) is 1.51. The lowest BCUT2D eigenvalue weighted by Gasteiger charge is -2.15. The molecule has 0 saturated carbocycles. The zero-order valence-corrected chi connectivity index (χ0v) is 18.2. The highest BCUT2D eigenvalue weighted by Gasteiger charge is 2.34. The Hall–Kier alpha value is -3.76. The fourth-order valence-corrected chi connectivity index (χ4v) is 4.15. The lowest BCUT2D eigenvalue weighted by atomic mass is 10.1.